The molecule has 0 saturated heterocycles. The van der Waals surface area contributed by atoms with Crippen LogP contribution in [0.3, 0.4) is 0 Å². The van der Waals surface area contributed by atoms with E-state index in [1.54, 1.807) is 19.9 Å². The third-order valence-corrected chi connectivity index (χ3v) is 3.19. The van der Waals surface area contributed by atoms with Crippen LogP contribution in [0.2, 0.25) is 0 Å². The number of nitriles is 1. The van der Waals surface area contributed by atoms with Gasteiger partial charge in [-0.3, -0.25) is 4.79 Å². The second-order valence-corrected chi connectivity index (χ2v) is 4.88. The fourth-order valence-corrected chi connectivity index (χ4v) is 2.20. The van der Waals surface area contributed by atoms with Crippen LogP contribution < -0.4 is 0 Å². The van der Waals surface area contributed by atoms with Crippen molar-refractivity contribution in [3.05, 3.63) is 35.1 Å². The van der Waals surface area contributed by atoms with Gasteiger partial charge in [0.2, 0.25) is 0 Å². The van der Waals surface area contributed by atoms with Crippen LogP contribution in [0.1, 0.15) is 35.8 Å². The van der Waals surface area contributed by atoms with Crippen molar-refractivity contribution >= 4 is 5.91 Å². The predicted octanol–water partition coefficient (Wildman–Crippen LogP) is 1.62. The number of rotatable bonds is 2. The molecule has 1 N–H and O–H groups in total. The molecule has 0 aromatic heterocycles. The first kappa shape index (κ1) is 12.5. The van der Waals surface area contributed by atoms with E-state index < -0.39 is 23.3 Å². The highest BCUT2D eigenvalue weighted by molar-refractivity contribution is 6.00. The molecule has 0 radical (unpaired) electrons. The van der Waals surface area contributed by atoms with Gasteiger partial charge in [-0.05, 0) is 19.9 Å². The zero-order chi connectivity index (χ0) is 13.5. The van der Waals surface area contributed by atoms with Crippen LogP contribution in [0.4, 0.5) is 4.39 Å². The molecule has 2 rings (SSSR count). The lowest BCUT2D eigenvalue weighted by atomic mass is 10.0. The first-order valence-electron chi connectivity index (χ1n) is 5.56. The Morgan fingerprint density at radius 1 is 1.56 bits per heavy atom. The lowest BCUT2D eigenvalue weighted by Crippen LogP contribution is -2.48. The Morgan fingerprint density at radius 2 is 2.22 bits per heavy atom. The van der Waals surface area contributed by atoms with E-state index in [-0.39, 0.29) is 12.2 Å². The van der Waals surface area contributed by atoms with E-state index in [1.807, 2.05) is 6.07 Å². The molecule has 1 atom stereocenters. The highest BCUT2D eigenvalue weighted by Gasteiger charge is 2.45. The monoisotopic (exact) mass is 248 g/mol. The van der Waals surface area contributed by atoms with Crippen LogP contribution in [-0.4, -0.2) is 28.1 Å². The zero-order valence-corrected chi connectivity index (χ0v) is 10.1. The van der Waals surface area contributed by atoms with Gasteiger partial charge in [-0.25, -0.2) is 4.39 Å². The summed E-state index contributed by atoms with van der Waals surface area (Å²) >= 11 is 0. The van der Waals surface area contributed by atoms with Crippen molar-refractivity contribution in [2.45, 2.75) is 25.4 Å². The van der Waals surface area contributed by atoms with Gasteiger partial charge in [0, 0.05) is 5.56 Å². The lowest BCUT2D eigenvalue weighted by molar-refractivity contribution is 0.0335. The highest BCUT2D eigenvalue weighted by Crippen LogP contribution is 2.39. The second kappa shape index (κ2) is 4.07. The lowest BCUT2D eigenvalue weighted by Gasteiger charge is -2.36. The normalized spacial score (nSPS) is 18.7. The maximum Gasteiger partial charge on any atom is 0.259 e. The summed E-state index contributed by atoms with van der Waals surface area (Å²) in [6, 6.07) is 5.38. The summed E-state index contributed by atoms with van der Waals surface area (Å²) in [6.07, 6.45) is 0. The largest absolute Gasteiger partial charge is 0.394 e. The molecule has 1 amide bonds. The van der Waals surface area contributed by atoms with Crippen molar-refractivity contribution in [2.24, 2.45) is 0 Å². The third kappa shape index (κ3) is 1.57. The molecule has 94 valence electrons. The minimum Gasteiger partial charge on any atom is -0.394 e. The first-order chi connectivity index (χ1) is 8.44. The van der Waals surface area contributed by atoms with Crippen LogP contribution >= 0.6 is 0 Å². The number of hydrogen-bond acceptors (Lipinski definition) is 3. The standard InChI is InChI=1S/C13H13FN2O2/c1-13(2,7-17)16-10(6-15)8-4-3-5-9(14)11(8)12(16)18/h3-5,10,17H,7H2,1-2H3. The van der Waals surface area contributed by atoms with Crippen molar-refractivity contribution in [1.29, 1.82) is 5.26 Å². The van der Waals surface area contributed by atoms with E-state index in [2.05, 4.69) is 0 Å². The summed E-state index contributed by atoms with van der Waals surface area (Å²) in [5.74, 6) is -1.18. The smallest absolute Gasteiger partial charge is 0.259 e. The summed E-state index contributed by atoms with van der Waals surface area (Å²) in [5.41, 5.74) is -0.613. The number of hydrogen-bond donors (Lipinski definition) is 1. The zero-order valence-electron chi connectivity index (χ0n) is 10.1. The van der Waals surface area contributed by atoms with Gasteiger partial charge in [0.05, 0.1) is 23.8 Å². The van der Waals surface area contributed by atoms with Crippen molar-refractivity contribution in [3.63, 3.8) is 0 Å². The maximum absolute atomic E-state index is 13.7. The molecule has 1 aliphatic rings. The van der Waals surface area contributed by atoms with Gasteiger partial charge < -0.3 is 10.0 Å². The van der Waals surface area contributed by atoms with Gasteiger partial charge in [0.1, 0.15) is 11.9 Å². The number of halogens is 1. The number of carbonyl (C=O) groups excluding carboxylic acids is 1. The molecule has 0 spiro atoms. The van der Waals surface area contributed by atoms with Crippen LogP contribution in [0, 0.1) is 17.1 Å². The molecule has 18 heavy (non-hydrogen) atoms. The minimum absolute atomic E-state index is 0.0643. The molecular formula is C13H13FN2O2. The Hall–Kier alpha value is -1.93. The molecule has 1 aromatic rings. The van der Waals surface area contributed by atoms with Gasteiger partial charge in [-0.2, -0.15) is 5.26 Å². The molecule has 0 bridgehead atoms. The molecule has 5 heteroatoms. The Balaban J connectivity index is 2.61. The first-order valence-corrected chi connectivity index (χ1v) is 5.56. The summed E-state index contributed by atoms with van der Waals surface area (Å²) in [4.78, 5) is 13.5. The molecule has 0 fully saturated rings. The van der Waals surface area contributed by atoms with Gasteiger partial charge in [-0.1, -0.05) is 12.1 Å². The van der Waals surface area contributed by atoms with Gasteiger partial charge in [-0.15, -0.1) is 0 Å². The number of benzene rings is 1. The predicted molar refractivity (Wildman–Crippen MR) is 62.1 cm³/mol. The Kier molecular flexibility index (Phi) is 2.83. The van der Waals surface area contributed by atoms with E-state index in [1.165, 1.54) is 17.0 Å². The highest BCUT2D eigenvalue weighted by atomic mass is 19.1. The minimum atomic E-state index is -0.914. The van der Waals surface area contributed by atoms with Gasteiger partial charge in [0.25, 0.3) is 5.91 Å². The number of fused-ring (bicyclic) bond motifs is 1. The average molecular weight is 248 g/mol. The Labute approximate surface area is 104 Å². The number of aliphatic hydroxyl groups is 1. The van der Waals surface area contributed by atoms with E-state index >= 15 is 0 Å². The van der Waals surface area contributed by atoms with E-state index in [0.717, 1.165) is 0 Å². The molecule has 1 heterocycles. The van der Waals surface area contributed by atoms with Crippen molar-refractivity contribution in [1.82, 2.24) is 4.90 Å². The van der Waals surface area contributed by atoms with Crippen LogP contribution in [0.25, 0.3) is 0 Å². The summed E-state index contributed by atoms with van der Waals surface area (Å²) in [6.45, 7) is 2.98. The topological polar surface area (TPSA) is 64.3 Å². The van der Waals surface area contributed by atoms with E-state index in [0.29, 0.717) is 5.56 Å². The van der Waals surface area contributed by atoms with E-state index in [9.17, 15) is 19.6 Å². The second-order valence-electron chi connectivity index (χ2n) is 4.88. The SMILES string of the molecule is CC(C)(CO)N1C(=O)c2c(F)cccc2C1C#N. The van der Waals surface area contributed by atoms with Crippen LogP contribution in [0.5, 0.6) is 0 Å². The summed E-state index contributed by atoms with van der Waals surface area (Å²) in [5, 5.41) is 18.5. The van der Waals surface area contributed by atoms with Crippen molar-refractivity contribution < 1.29 is 14.3 Å². The number of amides is 1. The van der Waals surface area contributed by atoms with Crippen LogP contribution in [-0.2, 0) is 0 Å². The molecular weight excluding hydrogens is 235 g/mol. The number of nitrogens with zero attached hydrogens (tertiary/aromatic N) is 2. The molecule has 4 nitrogen and oxygen atoms in total. The average Bonchev–Trinajstić information content (AvgIpc) is 2.64. The van der Waals surface area contributed by atoms with E-state index in [4.69, 9.17) is 0 Å². The fraction of sp³-hybridized carbons (Fsp3) is 0.385. The quantitative estimate of drug-likeness (QED) is 0.864. The molecule has 0 aliphatic carbocycles. The van der Waals surface area contributed by atoms with Crippen molar-refractivity contribution in [2.75, 3.05) is 6.61 Å². The Bertz CT molecular complexity index is 548. The van der Waals surface area contributed by atoms with Crippen molar-refractivity contribution in [3.8, 4) is 6.07 Å². The molecule has 0 saturated carbocycles. The molecule has 1 aliphatic heterocycles. The molecule has 1 aromatic carbocycles. The summed E-state index contributed by atoms with van der Waals surface area (Å²) < 4.78 is 13.7. The third-order valence-electron chi connectivity index (χ3n) is 3.19. The van der Waals surface area contributed by atoms with Gasteiger partial charge >= 0.3 is 0 Å². The van der Waals surface area contributed by atoms with Crippen LogP contribution in [0.15, 0.2) is 18.2 Å². The fourth-order valence-electron chi connectivity index (χ4n) is 2.20. The summed E-state index contributed by atoms with van der Waals surface area (Å²) in [7, 11) is 0. The maximum atomic E-state index is 13.7. The van der Waals surface area contributed by atoms with Gasteiger partial charge in [0.15, 0.2) is 0 Å². The number of carbonyl (C=O) groups is 1. The molecule has 1 unspecified atom stereocenters. The number of aliphatic hydroxyl groups excluding tert-OH is 1. The Morgan fingerprint density at radius 3 is 2.78 bits per heavy atom.